The molecule has 9 nitrogen and oxygen atoms in total. The molecule has 1 amide bonds. The van der Waals surface area contributed by atoms with Crippen molar-refractivity contribution < 1.29 is 24.2 Å². The number of carbonyl (C=O) groups is 3. The summed E-state index contributed by atoms with van der Waals surface area (Å²) in [5.74, 6) is 0.301. The summed E-state index contributed by atoms with van der Waals surface area (Å²) < 4.78 is 5.26. The van der Waals surface area contributed by atoms with Gasteiger partial charge in [-0.2, -0.15) is 0 Å². The average molecular weight is 639 g/mol. The maximum Gasteiger partial charge on any atom is 0.308 e. The zero-order valence-electron chi connectivity index (χ0n) is 28.3. The fraction of sp³-hybridized carbons (Fsp3) is 0.342. The highest BCUT2D eigenvalue weighted by Crippen LogP contribution is 2.23. The molecule has 0 bridgehead atoms. The molecule has 0 saturated carbocycles. The van der Waals surface area contributed by atoms with Crippen molar-refractivity contribution in [3.63, 3.8) is 0 Å². The predicted octanol–water partition coefficient (Wildman–Crippen LogP) is 6.29. The number of nitrogens with zero attached hydrogens (tertiary/aromatic N) is 2. The highest BCUT2D eigenvalue weighted by molar-refractivity contribution is 5.82. The number of phenolic OH excluding ortho intramolecular Hbond substituents is 1. The van der Waals surface area contributed by atoms with Gasteiger partial charge >= 0.3 is 5.97 Å². The topological polar surface area (TPSA) is 131 Å². The van der Waals surface area contributed by atoms with E-state index in [-0.39, 0.29) is 36.0 Å². The number of hydrogen-bond acceptors (Lipinski definition) is 8. The number of benzene rings is 3. The van der Waals surface area contributed by atoms with Crippen LogP contribution in [0.3, 0.4) is 0 Å². The first-order valence-electron chi connectivity index (χ1n) is 15.6. The first kappa shape index (κ1) is 36.6. The van der Waals surface area contributed by atoms with Gasteiger partial charge in [0.1, 0.15) is 17.6 Å². The van der Waals surface area contributed by atoms with E-state index in [4.69, 9.17) is 4.74 Å². The number of hydrogen-bond donors (Lipinski definition) is 3. The molecule has 4 rings (SSSR count). The lowest BCUT2D eigenvalue weighted by atomic mass is 9.87. The Morgan fingerprint density at radius 1 is 0.830 bits per heavy atom. The maximum absolute atomic E-state index is 12.5. The van der Waals surface area contributed by atoms with Gasteiger partial charge in [-0.25, -0.2) is 9.97 Å². The number of nitrogens with one attached hydrogen (secondary N) is 2. The van der Waals surface area contributed by atoms with Crippen molar-refractivity contribution in [1.29, 1.82) is 0 Å². The van der Waals surface area contributed by atoms with E-state index in [1.54, 1.807) is 31.6 Å². The van der Waals surface area contributed by atoms with Crippen LogP contribution >= 0.6 is 0 Å². The normalized spacial score (nSPS) is 11.9. The van der Waals surface area contributed by atoms with Crippen molar-refractivity contribution in [2.75, 3.05) is 13.6 Å². The van der Waals surface area contributed by atoms with E-state index in [1.807, 2.05) is 81.4 Å². The molecule has 0 aliphatic carbocycles. The third-order valence-electron chi connectivity index (χ3n) is 7.13. The molecule has 0 fully saturated rings. The summed E-state index contributed by atoms with van der Waals surface area (Å²) in [6.07, 6.45) is 4.99. The first-order valence-corrected chi connectivity index (χ1v) is 15.6. The molecule has 47 heavy (non-hydrogen) atoms. The van der Waals surface area contributed by atoms with Gasteiger partial charge in [0.05, 0.1) is 12.5 Å². The zero-order chi connectivity index (χ0) is 34.6. The van der Waals surface area contributed by atoms with Gasteiger partial charge < -0.3 is 20.5 Å². The van der Waals surface area contributed by atoms with Crippen LogP contribution in [-0.2, 0) is 26.2 Å². The van der Waals surface area contributed by atoms with Crippen LogP contribution in [0.1, 0.15) is 69.4 Å². The van der Waals surface area contributed by atoms with Crippen molar-refractivity contribution in [2.45, 2.75) is 71.4 Å². The summed E-state index contributed by atoms with van der Waals surface area (Å²) in [6, 6.07) is 21.9. The van der Waals surface area contributed by atoms with Gasteiger partial charge in [-0.15, -0.1) is 0 Å². The summed E-state index contributed by atoms with van der Waals surface area (Å²) >= 11 is 0. The molecular weight excluding hydrogens is 592 g/mol. The third-order valence-corrected chi connectivity index (χ3v) is 7.13. The second-order valence-electron chi connectivity index (χ2n) is 13.2. The second-order valence-corrected chi connectivity index (χ2v) is 13.2. The quantitative estimate of drug-likeness (QED) is 0.136. The molecule has 0 saturated heterocycles. The number of aldehydes is 1. The fourth-order valence-electron chi connectivity index (χ4n) is 4.50. The number of aromatic hydroxyl groups is 1. The number of amides is 1. The van der Waals surface area contributed by atoms with Crippen LogP contribution in [0.5, 0.6) is 5.75 Å². The molecule has 1 unspecified atom stereocenters. The molecule has 3 N–H and O–H groups in total. The minimum atomic E-state index is -0.541. The molecule has 1 aromatic heterocycles. The second kappa shape index (κ2) is 16.6. The largest absolute Gasteiger partial charge is 0.508 e. The van der Waals surface area contributed by atoms with E-state index in [2.05, 4.69) is 41.4 Å². The van der Waals surface area contributed by atoms with E-state index in [0.29, 0.717) is 12.2 Å². The summed E-state index contributed by atoms with van der Waals surface area (Å²) in [7, 11) is 1.73. The average Bonchev–Trinajstić information content (AvgIpc) is 3.03. The number of carbonyl (C=O) groups excluding carboxylic acids is 3. The molecule has 0 radical (unpaired) electrons. The molecule has 0 spiro atoms. The van der Waals surface area contributed by atoms with E-state index in [1.165, 1.54) is 5.56 Å². The maximum atomic E-state index is 12.5. The van der Waals surface area contributed by atoms with Gasteiger partial charge in [0.15, 0.2) is 5.82 Å². The van der Waals surface area contributed by atoms with Crippen LogP contribution in [0.2, 0.25) is 0 Å². The van der Waals surface area contributed by atoms with Crippen molar-refractivity contribution in [3.05, 3.63) is 102 Å². The van der Waals surface area contributed by atoms with E-state index in [0.717, 1.165) is 34.1 Å². The Bertz CT molecular complexity index is 1590. The lowest BCUT2D eigenvalue weighted by Crippen LogP contribution is -2.44. The molecule has 0 aliphatic heterocycles. The van der Waals surface area contributed by atoms with E-state index >= 15 is 0 Å². The lowest BCUT2D eigenvalue weighted by molar-refractivity contribution is -0.154. The van der Waals surface area contributed by atoms with Crippen molar-refractivity contribution >= 4 is 18.2 Å². The Morgan fingerprint density at radius 3 is 1.91 bits per heavy atom. The number of esters is 1. The molecule has 0 aliphatic rings. The van der Waals surface area contributed by atoms with Crippen LogP contribution in [0, 0.1) is 0 Å². The number of likely N-dealkylation sites (N-methyl/N-ethyl adjacent to an activating group) is 1. The monoisotopic (exact) mass is 638 g/mol. The highest BCUT2D eigenvalue weighted by Gasteiger charge is 2.19. The molecule has 1 heterocycles. The van der Waals surface area contributed by atoms with Crippen LogP contribution in [0.15, 0.2) is 85.2 Å². The van der Waals surface area contributed by atoms with Crippen molar-refractivity contribution in [3.8, 4) is 28.3 Å². The summed E-state index contributed by atoms with van der Waals surface area (Å²) in [4.78, 5) is 43.7. The van der Waals surface area contributed by atoms with Crippen LogP contribution in [0.4, 0.5) is 0 Å². The summed E-state index contributed by atoms with van der Waals surface area (Å²) in [5, 5.41) is 15.3. The fourth-order valence-corrected chi connectivity index (χ4v) is 4.50. The van der Waals surface area contributed by atoms with E-state index < -0.39 is 11.6 Å². The molecule has 248 valence electrons. The van der Waals surface area contributed by atoms with E-state index in [9.17, 15) is 19.5 Å². The van der Waals surface area contributed by atoms with Gasteiger partial charge in [0, 0.05) is 35.6 Å². The van der Waals surface area contributed by atoms with Crippen LogP contribution in [0.25, 0.3) is 22.5 Å². The van der Waals surface area contributed by atoms with Gasteiger partial charge in [0.25, 0.3) is 0 Å². The Kier molecular flexibility index (Phi) is 12.9. The predicted molar refractivity (Wildman–Crippen MR) is 185 cm³/mol. The standard InChI is InChI=1S/C27H32N4O4.C11H14O/c1-27(2,3)35-24(33)13-14-29-26(34)23(28-4)15-18-5-7-20(8-6-18)25-30-16-21(17-31-25)19-9-11-22(32)12-10-19;1-11(2,3)10-6-4-9(8-12)5-7-10/h5-12,16-17,23,28,32H,13-15H2,1-4H3,(H,29,34);4-8H,1-3H3. The first-order chi connectivity index (χ1) is 22.2. The summed E-state index contributed by atoms with van der Waals surface area (Å²) in [6.45, 7) is 12.1. The Balaban J connectivity index is 0.000000420. The molecule has 3 aromatic carbocycles. The number of phenols is 1. The van der Waals surface area contributed by atoms with Crippen LogP contribution < -0.4 is 10.6 Å². The molecular formula is C38H46N4O5. The molecule has 1 atom stereocenters. The minimum absolute atomic E-state index is 0.125. The number of aromatic nitrogens is 2. The number of ether oxygens (including phenoxy) is 1. The summed E-state index contributed by atoms with van der Waals surface area (Å²) in [5.41, 5.74) is 5.26. The smallest absolute Gasteiger partial charge is 0.308 e. The van der Waals surface area contributed by atoms with Gasteiger partial charge in [-0.3, -0.25) is 14.4 Å². The highest BCUT2D eigenvalue weighted by atomic mass is 16.6. The molecule has 9 heteroatoms. The minimum Gasteiger partial charge on any atom is -0.508 e. The van der Waals surface area contributed by atoms with Crippen molar-refractivity contribution in [1.82, 2.24) is 20.6 Å². The van der Waals surface area contributed by atoms with Gasteiger partial charge in [0.2, 0.25) is 5.91 Å². The Hall–Kier alpha value is -4.89. The lowest BCUT2D eigenvalue weighted by Gasteiger charge is -2.20. The number of rotatable bonds is 10. The third kappa shape index (κ3) is 12.1. The Labute approximate surface area is 277 Å². The molecule has 4 aromatic rings. The van der Waals surface area contributed by atoms with Crippen LogP contribution in [-0.4, -0.2) is 58.5 Å². The van der Waals surface area contributed by atoms with Gasteiger partial charge in [-0.1, -0.05) is 81.4 Å². The van der Waals surface area contributed by atoms with Crippen molar-refractivity contribution in [2.24, 2.45) is 0 Å². The Morgan fingerprint density at radius 2 is 1.40 bits per heavy atom. The zero-order valence-corrected chi connectivity index (χ0v) is 28.3. The SMILES string of the molecule is CC(C)(C)c1ccc(C=O)cc1.CNC(Cc1ccc(-c2ncc(-c3ccc(O)cc3)cn2)cc1)C(=O)NCCC(=O)OC(C)(C)C. The van der Waals surface area contributed by atoms with Gasteiger partial charge in [-0.05, 0) is 68.5 Å².